The van der Waals surface area contributed by atoms with E-state index in [0.29, 0.717) is 5.88 Å². The summed E-state index contributed by atoms with van der Waals surface area (Å²) in [4.78, 5) is 0. The first-order valence-electron chi connectivity index (χ1n) is 7.18. The van der Waals surface area contributed by atoms with Gasteiger partial charge >= 0.3 is 0 Å². The van der Waals surface area contributed by atoms with Gasteiger partial charge in [-0.2, -0.15) is 0 Å². The summed E-state index contributed by atoms with van der Waals surface area (Å²) in [6, 6.07) is 6.08. The van der Waals surface area contributed by atoms with E-state index >= 15 is 0 Å². The van der Waals surface area contributed by atoms with Gasteiger partial charge in [0.1, 0.15) is 0 Å². The minimum absolute atomic E-state index is 0.672. The van der Waals surface area contributed by atoms with Gasteiger partial charge in [-0.1, -0.05) is 38.3 Å². The van der Waals surface area contributed by atoms with E-state index in [1.165, 1.54) is 24.8 Å². The summed E-state index contributed by atoms with van der Waals surface area (Å²) in [6.45, 7) is 2.97. The van der Waals surface area contributed by atoms with E-state index in [0.717, 1.165) is 37.4 Å². The number of methoxy groups -OCH3 is 1. The summed E-state index contributed by atoms with van der Waals surface area (Å²) in [5, 5.41) is 0. The van der Waals surface area contributed by atoms with Gasteiger partial charge < -0.3 is 9.47 Å². The van der Waals surface area contributed by atoms with Gasteiger partial charge in [-0.25, -0.2) is 0 Å². The van der Waals surface area contributed by atoms with Crippen LogP contribution in [-0.2, 0) is 6.42 Å². The Hall–Kier alpha value is -0.890. The van der Waals surface area contributed by atoms with Crippen molar-refractivity contribution in [1.82, 2.24) is 0 Å². The van der Waals surface area contributed by atoms with Crippen molar-refractivity contribution in [2.75, 3.05) is 19.6 Å². The number of para-hydroxylation sites is 1. The first-order chi connectivity index (χ1) is 9.33. The molecule has 1 aromatic carbocycles. The molecule has 0 aromatic heterocycles. The third kappa shape index (κ3) is 5.73. The van der Waals surface area contributed by atoms with Crippen molar-refractivity contribution in [2.45, 2.75) is 45.4 Å². The maximum atomic E-state index is 5.84. The maximum Gasteiger partial charge on any atom is 0.163 e. The number of benzene rings is 1. The molecule has 0 aliphatic heterocycles. The lowest BCUT2D eigenvalue weighted by Crippen LogP contribution is -2.01. The predicted octanol–water partition coefficient (Wildman–Crippen LogP) is 4.83. The van der Waals surface area contributed by atoms with Crippen LogP contribution in [0.25, 0.3) is 0 Å². The van der Waals surface area contributed by atoms with E-state index in [1.54, 1.807) is 7.11 Å². The van der Waals surface area contributed by atoms with Crippen molar-refractivity contribution in [2.24, 2.45) is 0 Å². The first kappa shape index (κ1) is 16.2. The lowest BCUT2D eigenvalue weighted by atomic mass is 10.1. The van der Waals surface area contributed by atoms with Crippen LogP contribution in [0.5, 0.6) is 11.5 Å². The highest BCUT2D eigenvalue weighted by Gasteiger charge is 2.09. The maximum absolute atomic E-state index is 5.84. The lowest BCUT2D eigenvalue weighted by molar-refractivity contribution is 0.284. The fourth-order valence-corrected chi connectivity index (χ4v) is 2.21. The minimum atomic E-state index is 0.672. The Morgan fingerprint density at radius 2 is 1.95 bits per heavy atom. The highest BCUT2D eigenvalue weighted by Crippen LogP contribution is 2.32. The lowest BCUT2D eigenvalue weighted by Gasteiger charge is -2.14. The quantitative estimate of drug-likeness (QED) is 0.453. The van der Waals surface area contributed by atoms with Crippen LogP contribution in [0.2, 0.25) is 0 Å². The first-order valence-corrected chi connectivity index (χ1v) is 7.71. The molecule has 1 rings (SSSR count). The van der Waals surface area contributed by atoms with E-state index in [2.05, 4.69) is 13.0 Å². The topological polar surface area (TPSA) is 18.5 Å². The van der Waals surface area contributed by atoms with Crippen LogP contribution in [0.4, 0.5) is 0 Å². The van der Waals surface area contributed by atoms with Crippen molar-refractivity contribution in [3.8, 4) is 11.5 Å². The van der Waals surface area contributed by atoms with Gasteiger partial charge in [0.25, 0.3) is 0 Å². The van der Waals surface area contributed by atoms with E-state index in [4.69, 9.17) is 21.1 Å². The molecule has 0 fully saturated rings. The number of ether oxygens (including phenoxy) is 2. The number of unbranched alkanes of at least 4 members (excludes halogenated alkanes) is 3. The Morgan fingerprint density at radius 1 is 1.11 bits per heavy atom. The molecule has 0 amide bonds. The zero-order valence-corrected chi connectivity index (χ0v) is 12.8. The summed E-state index contributed by atoms with van der Waals surface area (Å²) in [6.07, 6.45) is 6.73. The SMILES string of the molecule is CCCCCCOc1cccc(CCCCl)c1OC. The van der Waals surface area contributed by atoms with Crippen molar-refractivity contribution < 1.29 is 9.47 Å². The summed E-state index contributed by atoms with van der Waals surface area (Å²) in [5.74, 6) is 2.39. The van der Waals surface area contributed by atoms with Crippen LogP contribution < -0.4 is 9.47 Å². The smallest absolute Gasteiger partial charge is 0.163 e. The zero-order chi connectivity index (χ0) is 13.9. The van der Waals surface area contributed by atoms with E-state index in [-0.39, 0.29) is 0 Å². The Balaban J connectivity index is 2.56. The van der Waals surface area contributed by atoms with Crippen molar-refractivity contribution in [3.05, 3.63) is 23.8 Å². The fraction of sp³-hybridized carbons (Fsp3) is 0.625. The van der Waals surface area contributed by atoms with Gasteiger partial charge in [-0.3, -0.25) is 0 Å². The Bertz CT molecular complexity index is 353. The third-order valence-corrected chi connectivity index (χ3v) is 3.37. The second kappa shape index (κ2) is 9.96. The number of aryl methyl sites for hydroxylation is 1. The molecule has 108 valence electrons. The number of hydrogen-bond acceptors (Lipinski definition) is 2. The van der Waals surface area contributed by atoms with Gasteiger partial charge in [-0.05, 0) is 30.9 Å². The number of hydrogen-bond donors (Lipinski definition) is 0. The monoisotopic (exact) mass is 284 g/mol. The zero-order valence-electron chi connectivity index (χ0n) is 12.1. The summed E-state index contributed by atoms with van der Waals surface area (Å²) in [7, 11) is 1.70. The minimum Gasteiger partial charge on any atom is -0.493 e. The Morgan fingerprint density at radius 3 is 2.63 bits per heavy atom. The molecule has 1 aromatic rings. The molecule has 0 heterocycles. The Labute approximate surface area is 122 Å². The molecule has 0 atom stereocenters. The molecular weight excluding hydrogens is 260 g/mol. The van der Waals surface area contributed by atoms with Crippen LogP contribution in [0.15, 0.2) is 18.2 Å². The van der Waals surface area contributed by atoms with Crippen molar-refractivity contribution >= 4 is 11.6 Å². The molecule has 0 N–H and O–H groups in total. The van der Waals surface area contributed by atoms with E-state index in [1.807, 2.05) is 12.1 Å². The molecule has 0 spiro atoms. The number of alkyl halides is 1. The molecule has 0 saturated carbocycles. The van der Waals surface area contributed by atoms with Gasteiger partial charge in [0, 0.05) is 5.88 Å². The van der Waals surface area contributed by atoms with Crippen LogP contribution in [0.3, 0.4) is 0 Å². The van der Waals surface area contributed by atoms with Gasteiger partial charge in [0.05, 0.1) is 13.7 Å². The van der Waals surface area contributed by atoms with E-state index in [9.17, 15) is 0 Å². The van der Waals surface area contributed by atoms with Crippen molar-refractivity contribution in [1.29, 1.82) is 0 Å². The van der Waals surface area contributed by atoms with Crippen LogP contribution in [0.1, 0.15) is 44.6 Å². The molecule has 3 heteroatoms. The number of rotatable bonds is 10. The van der Waals surface area contributed by atoms with Gasteiger partial charge in [0.15, 0.2) is 11.5 Å². The van der Waals surface area contributed by atoms with Gasteiger partial charge in [0.2, 0.25) is 0 Å². The van der Waals surface area contributed by atoms with Crippen LogP contribution in [-0.4, -0.2) is 19.6 Å². The average molecular weight is 285 g/mol. The second-order valence-electron chi connectivity index (χ2n) is 4.65. The molecule has 19 heavy (non-hydrogen) atoms. The molecule has 2 nitrogen and oxygen atoms in total. The molecular formula is C16H25ClO2. The summed E-state index contributed by atoms with van der Waals surface area (Å²) >= 11 is 5.75. The van der Waals surface area contributed by atoms with Crippen molar-refractivity contribution in [3.63, 3.8) is 0 Å². The molecule has 0 saturated heterocycles. The fourth-order valence-electron chi connectivity index (χ4n) is 2.07. The predicted molar refractivity (Wildman–Crippen MR) is 81.7 cm³/mol. The normalized spacial score (nSPS) is 10.5. The Kier molecular flexibility index (Phi) is 8.48. The number of halogens is 1. The second-order valence-corrected chi connectivity index (χ2v) is 5.03. The standard InChI is InChI=1S/C16H25ClO2/c1-3-4-5-6-13-19-15-11-7-9-14(10-8-12-17)16(15)18-2/h7,9,11H,3-6,8,10,12-13H2,1-2H3. The summed E-state index contributed by atoms with van der Waals surface area (Å²) < 4.78 is 11.3. The molecule has 0 aliphatic carbocycles. The largest absolute Gasteiger partial charge is 0.493 e. The highest BCUT2D eigenvalue weighted by molar-refractivity contribution is 6.17. The van der Waals surface area contributed by atoms with Crippen LogP contribution in [0, 0.1) is 0 Å². The third-order valence-electron chi connectivity index (χ3n) is 3.10. The van der Waals surface area contributed by atoms with Gasteiger partial charge in [-0.15, -0.1) is 11.6 Å². The molecule has 0 unspecified atom stereocenters. The molecule has 0 radical (unpaired) electrons. The van der Waals surface area contributed by atoms with Crippen LogP contribution >= 0.6 is 11.6 Å². The highest BCUT2D eigenvalue weighted by atomic mass is 35.5. The average Bonchev–Trinajstić information content (AvgIpc) is 2.44. The molecule has 0 aliphatic rings. The van der Waals surface area contributed by atoms with E-state index < -0.39 is 0 Å². The summed E-state index contributed by atoms with van der Waals surface area (Å²) in [5.41, 5.74) is 1.18. The molecule has 0 bridgehead atoms.